The second kappa shape index (κ2) is 9.11. The third-order valence-corrected chi connectivity index (χ3v) is 5.66. The van der Waals surface area contributed by atoms with E-state index in [1.54, 1.807) is 29.8 Å². The molecule has 0 aliphatic carbocycles. The molecule has 2 heterocycles. The lowest BCUT2D eigenvalue weighted by Gasteiger charge is -2.12. The van der Waals surface area contributed by atoms with Crippen molar-refractivity contribution in [3.63, 3.8) is 0 Å². The van der Waals surface area contributed by atoms with Gasteiger partial charge in [0.1, 0.15) is 5.82 Å². The molecule has 0 radical (unpaired) electrons. The first kappa shape index (κ1) is 23.8. The molecule has 0 aliphatic heterocycles. The van der Waals surface area contributed by atoms with E-state index in [2.05, 4.69) is 20.6 Å². The van der Waals surface area contributed by atoms with Crippen LogP contribution in [0.25, 0.3) is 11.0 Å². The van der Waals surface area contributed by atoms with Crippen molar-refractivity contribution < 1.29 is 22.4 Å². The Hall–Kier alpha value is -3.37. The number of rotatable bonds is 5. The highest BCUT2D eigenvalue weighted by Crippen LogP contribution is 2.34. The van der Waals surface area contributed by atoms with Crippen LogP contribution in [0.2, 0.25) is 10.0 Å². The molecule has 12 heteroatoms. The van der Waals surface area contributed by atoms with Gasteiger partial charge in [0, 0.05) is 19.3 Å². The third kappa shape index (κ3) is 4.64. The van der Waals surface area contributed by atoms with E-state index in [9.17, 15) is 22.4 Å². The number of para-hydroxylation sites is 1. The number of amides is 1. The highest BCUT2D eigenvalue weighted by Gasteiger charge is 2.33. The zero-order valence-corrected chi connectivity index (χ0v) is 18.9. The lowest BCUT2D eigenvalue weighted by atomic mass is 10.1. The predicted octanol–water partition coefficient (Wildman–Crippen LogP) is 6.11. The Morgan fingerprint density at radius 3 is 2.50 bits per heavy atom. The summed E-state index contributed by atoms with van der Waals surface area (Å²) in [5.41, 5.74) is -0.705. The molecule has 2 aromatic carbocycles. The summed E-state index contributed by atoms with van der Waals surface area (Å²) in [6.07, 6.45) is -3.46. The molecular weight excluding hydrogens is 497 g/mol. The van der Waals surface area contributed by atoms with E-state index < -0.39 is 30.0 Å². The van der Waals surface area contributed by atoms with Crippen LogP contribution in [0.3, 0.4) is 0 Å². The van der Waals surface area contributed by atoms with E-state index in [1.807, 2.05) is 0 Å². The van der Waals surface area contributed by atoms with Crippen molar-refractivity contribution in [1.29, 1.82) is 0 Å². The summed E-state index contributed by atoms with van der Waals surface area (Å²) in [5, 5.41) is 5.96. The molecule has 0 unspecified atom stereocenters. The number of anilines is 2. The van der Waals surface area contributed by atoms with Crippen LogP contribution in [0, 0.1) is 5.82 Å². The van der Waals surface area contributed by atoms with Gasteiger partial charge in [0.2, 0.25) is 5.95 Å². The van der Waals surface area contributed by atoms with Crippen LogP contribution in [0.5, 0.6) is 0 Å². The summed E-state index contributed by atoms with van der Waals surface area (Å²) in [7, 11) is 1.63. The molecule has 34 heavy (non-hydrogen) atoms. The van der Waals surface area contributed by atoms with E-state index in [1.165, 1.54) is 12.3 Å². The molecule has 0 fully saturated rings. The van der Waals surface area contributed by atoms with Crippen molar-refractivity contribution in [2.24, 2.45) is 7.05 Å². The fraction of sp³-hybridized carbons (Fsp3) is 0.136. The topological polar surface area (TPSA) is 71.8 Å². The van der Waals surface area contributed by atoms with Crippen LogP contribution < -0.4 is 10.6 Å². The first-order valence-electron chi connectivity index (χ1n) is 9.72. The van der Waals surface area contributed by atoms with Crippen LogP contribution >= 0.6 is 23.2 Å². The number of hydrogen-bond acceptors (Lipinski definition) is 4. The number of nitrogens with zero attached hydrogens (tertiary/aromatic N) is 3. The summed E-state index contributed by atoms with van der Waals surface area (Å²) in [5.74, 6) is -1.50. The average Bonchev–Trinajstić information content (AvgIpc) is 3.08. The maximum Gasteiger partial charge on any atom is 0.418 e. The van der Waals surface area contributed by atoms with Gasteiger partial charge in [-0.1, -0.05) is 29.3 Å². The second-order valence-corrected chi connectivity index (χ2v) is 8.03. The lowest BCUT2D eigenvalue weighted by molar-refractivity contribution is -0.138. The first-order valence-corrected chi connectivity index (χ1v) is 10.5. The standard InChI is InChI=1S/C22H15Cl2F4N5O/c1-33-18-9-15(25)11(20(34)30-10-17-12(22(26,27)28)4-3-7-29-17)8-16(18)31-21(33)32-19-13(23)5-2-6-14(19)24/h2-9H,10H2,1H3,(H,30,34)(H,31,32). The molecule has 0 aliphatic rings. The normalized spacial score (nSPS) is 11.6. The number of pyridine rings is 1. The largest absolute Gasteiger partial charge is 0.418 e. The number of hydrogen-bond donors (Lipinski definition) is 2. The van der Waals surface area contributed by atoms with Crippen LogP contribution in [0.4, 0.5) is 29.2 Å². The van der Waals surface area contributed by atoms with Crippen LogP contribution in [0.1, 0.15) is 21.6 Å². The van der Waals surface area contributed by atoms with Gasteiger partial charge in [-0.15, -0.1) is 0 Å². The van der Waals surface area contributed by atoms with E-state index in [0.717, 1.165) is 18.2 Å². The number of benzene rings is 2. The minimum Gasteiger partial charge on any atom is -0.346 e. The Morgan fingerprint density at radius 2 is 1.82 bits per heavy atom. The van der Waals surface area contributed by atoms with E-state index in [4.69, 9.17) is 23.2 Å². The van der Waals surface area contributed by atoms with Gasteiger partial charge in [0.05, 0.1) is 50.1 Å². The summed E-state index contributed by atoms with van der Waals surface area (Å²) >= 11 is 12.3. The summed E-state index contributed by atoms with van der Waals surface area (Å²) in [4.78, 5) is 20.6. The molecule has 2 aromatic heterocycles. The maximum absolute atomic E-state index is 14.7. The van der Waals surface area contributed by atoms with Gasteiger partial charge in [-0.3, -0.25) is 9.78 Å². The van der Waals surface area contributed by atoms with Crippen molar-refractivity contribution in [2.45, 2.75) is 12.7 Å². The number of carbonyl (C=O) groups is 1. The molecule has 0 saturated carbocycles. The number of nitrogens with one attached hydrogen (secondary N) is 2. The molecule has 2 N–H and O–H groups in total. The quantitative estimate of drug-likeness (QED) is 0.317. The first-order chi connectivity index (χ1) is 16.1. The number of alkyl halides is 3. The number of imidazole rings is 1. The van der Waals surface area contributed by atoms with Crippen molar-refractivity contribution in [1.82, 2.24) is 19.9 Å². The summed E-state index contributed by atoms with van der Waals surface area (Å²) < 4.78 is 55.7. The second-order valence-electron chi connectivity index (χ2n) is 7.21. The fourth-order valence-corrected chi connectivity index (χ4v) is 3.82. The van der Waals surface area contributed by atoms with Gasteiger partial charge in [-0.25, -0.2) is 9.37 Å². The summed E-state index contributed by atoms with van der Waals surface area (Å²) in [6, 6.07) is 9.26. The Morgan fingerprint density at radius 1 is 1.12 bits per heavy atom. The average molecular weight is 512 g/mol. The Balaban J connectivity index is 1.61. The van der Waals surface area contributed by atoms with Crippen LogP contribution in [0.15, 0.2) is 48.7 Å². The van der Waals surface area contributed by atoms with Gasteiger partial charge in [-0.05, 0) is 30.3 Å². The van der Waals surface area contributed by atoms with E-state index in [0.29, 0.717) is 21.2 Å². The van der Waals surface area contributed by atoms with Gasteiger partial charge >= 0.3 is 6.18 Å². The SMILES string of the molecule is Cn1c(Nc2c(Cl)cccc2Cl)nc2cc(C(=O)NCc3ncccc3C(F)(F)F)c(F)cc21. The molecule has 0 saturated heterocycles. The molecule has 6 nitrogen and oxygen atoms in total. The molecule has 176 valence electrons. The fourth-order valence-electron chi connectivity index (χ4n) is 3.32. The van der Waals surface area contributed by atoms with Gasteiger partial charge in [0.25, 0.3) is 5.91 Å². The van der Waals surface area contributed by atoms with Gasteiger partial charge < -0.3 is 15.2 Å². The number of aryl methyl sites for hydroxylation is 1. The molecule has 1 amide bonds. The van der Waals surface area contributed by atoms with Gasteiger partial charge in [-0.2, -0.15) is 13.2 Å². The van der Waals surface area contributed by atoms with Crippen LogP contribution in [-0.4, -0.2) is 20.4 Å². The third-order valence-electron chi connectivity index (χ3n) is 5.03. The van der Waals surface area contributed by atoms with Crippen LogP contribution in [-0.2, 0) is 19.8 Å². The maximum atomic E-state index is 14.7. The highest BCUT2D eigenvalue weighted by atomic mass is 35.5. The predicted molar refractivity (Wildman–Crippen MR) is 121 cm³/mol. The number of fused-ring (bicyclic) bond motifs is 1. The zero-order chi connectivity index (χ0) is 24.6. The minimum atomic E-state index is -4.64. The molecule has 4 aromatic rings. The molecule has 0 atom stereocenters. The number of halogens is 6. The van der Waals surface area contributed by atoms with E-state index in [-0.39, 0.29) is 22.7 Å². The van der Waals surface area contributed by atoms with Crippen molar-refractivity contribution in [2.75, 3.05) is 5.32 Å². The smallest absolute Gasteiger partial charge is 0.346 e. The lowest BCUT2D eigenvalue weighted by Crippen LogP contribution is -2.26. The Bertz CT molecular complexity index is 1380. The van der Waals surface area contributed by atoms with Crippen molar-refractivity contribution in [3.8, 4) is 0 Å². The number of aromatic nitrogens is 3. The highest BCUT2D eigenvalue weighted by molar-refractivity contribution is 6.39. The number of carbonyl (C=O) groups excluding carboxylic acids is 1. The van der Waals surface area contributed by atoms with Crippen molar-refractivity contribution >= 4 is 51.8 Å². The Kier molecular flexibility index (Phi) is 6.37. The molecule has 0 bridgehead atoms. The Labute approximate surface area is 200 Å². The van der Waals surface area contributed by atoms with E-state index >= 15 is 0 Å². The molecule has 4 rings (SSSR count). The zero-order valence-electron chi connectivity index (χ0n) is 17.3. The monoisotopic (exact) mass is 511 g/mol. The molecule has 0 spiro atoms. The van der Waals surface area contributed by atoms with Gasteiger partial charge in [0.15, 0.2) is 0 Å². The van der Waals surface area contributed by atoms with Crippen molar-refractivity contribution in [3.05, 3.63) is 81.3 Å². The minimum absolute atomic E-state index is 0.272. The summed E-state index contributed by atoms with van der Waals surface area (Å²) in [6.45, 7) is -0.536. The molecular formula is C22H15Cl2F4N5O.